The van der Waals surface area contributed by atoms with E-state index in [9.17, 15) is 8.78 Å². The molecule has 0 saturated heterocycles. The summed E-state index contributed by atoms with van der Waals surface area (Å²) in [5.74, 6) is -0.805. The normalized spacial score (nSPS) is 10.4. The molecule has 82 valence electrons. The lowest BCUT2D eigenvalue weighted by atomic mass is 10.1. The molecule has 1 aromatic carbocycles. The minimum absolute atomic E-state index is 0.00497. The van der Waals surface area contributed by atoms with Crippen molar-refractivity contribution in [2.45, 2.75) is 5.88 Å². The Labute approximate surface area is 96.7 Å². The molecule has 1 heterocycles. The molecule has 0 N–H and O–H groups in total. The molecular weight excluding hydrogens is 232 g/mol. The maximum Gasteiger partial charge on any atom is 0.145 e. The Morgan fingerprint density at radius 3 is 2.62 bits per heavy atom. The summed E-state index contributed by atoms with van der Waals surface area (Å²) in [5, 5.41) is 0. The highest BCUT2D eigenvalue weighted by molar-refractivity contribution is 6.16. The summed E-state index contributed by atoms with van der Waals surface area (Å²) in [6, 6.07) is 8.76. The maximum atomic E-state index is 13.1. The van der Waals surface area contributed by atoms with Gasteiger partial charge in [0.15, 0.2) is 0 Å². The molecule has 0 saturated carbocycles. The molecule has 0 radical (unpaired) electrons. The zero-order valence-electron chi connectivity index (χ0n) is 8.25. The first-order valence-corrected chi connectivity index (χ1v) is 5.21. The molecule has 2 rings (SSSR count). The highest BCUT2D eigenvalue weighted by Gasteiger charge is 2.06. The Hall–Kier alpha value is -1.48. The fourth-order valence-corrected chi connectivity index (χ4v) is 1.57. The number of aromatic nitrogens is 1. The Kier molecular flexibility index (Phi) is 3.15. The van der Waals surface area contributed by atoms with Gasteiger partial charge in [0, 0.05) is 5.56 Å². The lowest BCUT2D eigenvalue weighted by Gasteiger charge is -2.03. The van der Waals surface area contributed by atoms with Gasteiger partial charge in [-0.05, 0) is 24.3 Å². The van der Waals surface area contributed by atoms with Crippen LogP contribution >= 0.6 is 11.6 Å². The molecule has 0 aliphatic carbocycles. The number of pyridine rings is 1. The van der Waals surface area contributed by atoms with Crippen molar-refractivity contribution in [2.75, 3.05) is 0 Å². The number of alkyl halides is 1. The highest BCUT2D eigenvalue weighted by Crippen LogP contribution is 2.20. The molecule has 2 aromatic rings. The summed E-state index contributed by atoms with van der Waals surface area (Å²) in [6.07, 6.45) is 0. The van der Waals surface area contributed by atoms with Gasteiger partial charge >= 0.3 is 0 Å². The molecule has 0 fully saturated rings. The molecule has 0 spiro atoms. The van der Waals surface area contributed by atoms with Crippen LogP contribution in [0.25, 0.3) is 11.3 Å². The van der Waals surface area contributed by atoms with Gasteiger partial charge < -0.3 is 0 Å². The van der Waals surface area contributed by atoms with Crippen molar-refractivity contribution >= 4 is 11.6 Å². The van der Waals surface area contributed by atoms with Crippen molar-refractivity contribution in [3.8, 4) is 11.3 Å². The van der Waals surface area contributed by atoms with Gasteiger partial charge in [-0.1, -0.05) is 12.1 Å². The van der Waals surface area contributed by atoms with E-state index < -0.39 is 5.82 Å². The third kappa shape index (κ3) is 2.19. The van der Waals surface area contributed by atoms with Gasteiger partial charge in [0.05, 0.1) is 17.3 Å². The topological polar surface area (TPSA) is 12.9 Å². The molecule has 0 bridgehead atoms. The fourth-order valence-electron chi connectivity index (χ4n) is 1.39. The molecular formula is C12H8ClF2N. The van der Waals surface area contributed by atoms with Crippen molar-refractivity contribution in [3.05, 3.63) is 53.7 Å². The van der Waals surface area contributed by atoms with Crippen molar-refractivity contribution < 1.29 is 8.78 Å². The molecule has 0 aliphatic rings. The molecule has 4 heteroatoms. The van der Waals surface area contributed by atoms with Crippen LogP contribution in [-0.2, 0) is 5.88 Å². The summed E-state index contributed by atoms with van der Waals surface area (Å²) in [5.41, 5.74) is 1.28. The number of benzene rings is 1. The van der Waals surface area contributed by atoms with E-state index in [1.54, 1.807) is 12.1 Å². The SMILES string of the molecule is Fc1cccc(-c2ccc(F)c(CCl)n2)c1. The summed E-state index contributed by atoms with van der Waals surface area (Å²) >= 11 is 5.55. The molecule has 0 unspecified atom stereocenters. The molecule has 0 aliphatic heterocycles. The molecule has 0 atom stereocenters. The first-order chi connectivity index (χ1) is 7.70. The zero-order chi connectivity index (χ0) is 11.5. The second kappa shape index (κ2) is 4.58. The lowest BCUT2D eigenvalue weighted by Crippen LogP contribution is -1.94. The van der Waals surface area contributed by atoms with Crippen LogP contribution in [0.4, 0.5) is 8.78 Å². The minimum Gasteiger partial charge on any atom is -0.248 e. The monoisotopic (exact) mass is 239 g/mol. The predicted molar refractivity (Wildman–Crippen MR) is 59.1 cm³/mol. The van der Waals surface area contributed by atoms with Gasteiger partial charge in [-0.15, -0.1) is 11.6 Å². The van der Waals surface area contributed by atoms with Gasteiger partial charge in [0.25, 0.3) is 0 Å². The average Bonchev–Trinajstić information content (AvgIpc) is 2.29. The smallest absolute Gasteiger partial charge is 0.145 e. The zero-order valence-corrected chi connectivity index (χ0v) is 9.01. The van der Waals surface area contributed by atoms with Gasteiger partial charge in [-0.25, -0.2) is 13.8 Å². The van der Waals surface area contributed by atoms with Crippen LogP contribution in [0.2, 0.25) is 0 Å². The van der Waals surface area contributed by atoms with E-state index in [2.05, 4.69) is 4.98 Å². The second-order valence-corrected chi connectivity index (χ2v) is 3.54. The maximum absolute atomic E-state index is 13.1. The van der Waals surface area contributed by atoms with E-state index in [1.165, 1.54) is 24.3 Å². The van der Waals surface area contributed by atoms with E-state index in [0.717, 1.165) is 0 Å². The first kappa shape index (κ1) is 11.0. The summed E-state index contributed by atoms with van der Waals surface area (Å²) in [6.45, 7) is 0. The van der Waals surface area contributed by atoms with Crippen molar-refractivity contribution in [2.24, 2.45) is 0 Å². The van der Waals surface area contributed by atoms with Crippen LogP contribution in [0.15, 0.2) is 36.4 Å². The summed E-state index contributed by atoms with van der Waals surface area (Å²) in [4.78, 5) is 4.03. The molecule has 16 heavy (non-hydrogen) atoms. The van der Waals surface area contributed by atoms with Gasteiger partial charge in [-0.3, -0.25) is 0 Å². The summed E-state index contributed by atoms with van der Waals surface area (Å²) < 4.78 is 26.1. The third-order valence-corrected chi connectivity index (χ3v) is 2.42. The van der Waals surface area contributed by atoms with E-state index in [0.29, 0.717) is 11.3 Å². The number of nitrogens with zero attached hydrogens (tertiary/aromatic N) is 1. The van der Waals surface area contributed by atoms with Crippen LogP contribution in [0.5, 0.6) is 0 Å². The Balaban J connectivity index is 2.48. The first-order valence-electron chi connectivity index (χ1n) is 4.68. The number of rotatable bonds is 2. The summed E-state index contributed by atoms with van der Waals surface area (Å²) in [7, 11) is 0. The van der Waals surface area contributed by atoms with E-state index in [1.807, 2.05) is 0 Å². The lowest BCUT2D eigenvalue weighted by molar-refractivity contribution is 0.608. The number of hydrogen-bond donors (Lipinski definition) is 0. The fraction of sp³-hybridized carbons (Fsp3) is 0.0833. The van der Waals surface area contributed by atoms with Crippen LogP contribution in [0.1, 0.15) is 5.69 Å². The van der Waals surface area contributed by atoms with Crippen LogP contribution < -0.4 is 0 Å². The largest absolute Gasteiger partial charge is 0.248 e. The quantitative estimate of drug-likeness (QED) is 0.727. The Morgan fingerprint density at radius 1 is 1.12 bits per heavy atom. The molecule has 0 amide bonds. The second-order valence-electron chi connectivity index (χ2n) is 3.27. The van der Waals surface area contributed by atoms with Crippen molar-refractivity contribution in [1.29, 1.82) is 0 Å². The molecule has 1 nitrogen and oxygen atoms in total. The predicted octanol–water partition coefficient (Wildman–Crippen LogP) is 3.77. The Bertz CT molecular complexity index is 514. The third-order valence-electron chi connectivity index (χ3n) is 2.17. The van der Waals surface area contributed by atoms with Crippen molar-refractivity contribution in [1.82, 2.24) is 4.98 Å². The van der Waals surface area contributed by atoms with Crippen LogP contribution in [0, 0.1) is 11.6 Å². The van der Waals surface area contributed by atoms with E-state index in [4.69, 9.17) is 11.6 Å². The van der Waals surface area contributed by atoms with Crippen LogP contribution in [-0.4, -0.2) is 4.98 Å². The highest BCUT2D eigenvalue weighted by atomic mass is 35.5. The van der Waals surface area contributed by atoms with E-state index in [-0.39, 0.29) is 17.4 Å². The standard InChI is InChI=1S/C12H8ClF2N/c13-7-12-10(15)4-5-11(16-12)8-2-1-3-9(14)6-8/h1-6H,7H2. The van der Waals surface area contributed by atoms with E-state index >= 15 is 0 Å². The van der Waals surface area contributed by atoms with Gasteiger partial charge in [-0.2, -0.15) is 0 Å². The minimum atomic E-state index is -0.449. The van der Waals surface area contributed by atoms with Gasteiger partial charge in [0.2, 0.25) is 0 Å². The van der Waals surface area contributed by atoms with Crippen molar-refractivity contribution in [3.63, 3.8) is 0 Å². The van der Waals surface area contributed by atoms with Crippen LogP contribution in [0.3, 0.4) is 0 Å². The number of halogens is 3. The average molecular weight is 240 g/mol. The van der Waals surface area contributed by atoms with Gasteiger partial charge in [0.1, 0.15) is 11.6 Å². The Morgan fingerprint density at radius 2 is 1.94 bits per heavy atom. The molecule has 1 aromatic heterocycles. The number of hydrogen-bond acceptors (Lipinski definition) is 1.